The molecular weight excluding hydrogens is 313 g/mol. The Kier molecular flexibility index (Phi) is 6.61. The van der Waals surface area contributed by atoms with Crippen LogP contribution in [0.15, 0.2) is 36.9 Å². The van der Waals surface area contributed by atoms with Crippen molar-refractivity contribution in [1.82, 2.24) is 25.4 Å². The molecule has 1 aromatic carbocycles. The molecule has 1 amide bonds. The van der Waals surface area contributed by atoms with Crippen LogP contribution in [-0.4, -0.2) is 39.8 Å². The number of benzene rings is 1. The molecule has 1 unspecified atom stereocenters. The van der Waals surface area contributed by atoms with E-state index in [1.54, 1.807) is 17.1 Å². The van der Waals surface area contributed by atoms with Crippen LogP contribution in [0.2, 0.25) is 0 Å². The number of halogens is 2. The van der Waals surface area contributed by atoms with E-state index in [0.29, 0.717) is 5.56 Å². The van der Waals surface area contributed by atoms with E-state index in [9.17, 15) is 4.79 Å². The van der Waals surface area contributed by atoms with Crippen LogP contribution in [0.4, 0.5) is 0 Å². The normalized spacial score (nSPS) is 16.7. The summed E-state index contributed by atoms with van der Waals surface area (Å²) in [5.41, 5.74) is 1.47. The second-order valence-electron chi connectivity index (χ2n) is 4.55. The SMILES string of the molecule is Cl.Cl.O=C(NC1CCNC1)c1cccc(-n2cncn2)c1. The first kappa shape index (κ1) is 17.4. The zero-order valence-electron chi connectivity index (χ0n) is 11.2. The van der Waals surface area contributed by atoms with E-state index in [1.165, 1.54) is 6.33 Å². The molecule has 0 bridgehead atoms. The molecule has 1 aliphatic heterocycles. The number of nitrogens with one attached hydrogen (secondary N) is 2. The summed E-state index contributed by atoms with van der Waals surface area (Å²) in [7, 11) is 0. The van der Waals surface area contributed by atoms with E-state index in [2.05, 4.69) is 20.7 Å². The molecule has 2 aromatic rings. The summed E-state index contributed by atoms with van der Waals surface area (Å²) in [4.78, 5) is 16.0. The van der Waals surface area contributed by atoms with Gasteiger partial charge >= 0.3 is 0 Å². The van der Waals surface area contributed by atoms with Crippen molar-refractivity contribution in [3.63, 3.8) is 0 Å². The van der Waals surface area contributed by atoms with E-state index in [0.717, 1.165) is 25.2 Å². The maximum atomic E-state index is 12.1. The van der Waals surface area contributed by atoms with Gasteiger partial charge in [-0.05, 0) is 31.2 Å². The third-order valence-corrected chi connectivity index (χ3v) is 3.19. The summed E-state index contributed by atoms with van der Waals surface area (Å²) in [5, 5.41) is 10.3. The lowest BCUT2D eigenvalue weighted by molar-refractivity contribution is 0.0940. The lowest BCUT2D eigenvalue weighted by Crippen LogP contribution is -2.36. The van der Waals surface area contributed by atoms with E-state index < -0.39 is 0 Å². The minimum atomic E-state index is -0.0457. The maximum absolute atomic E-state index is 12.1. The molecule has 6 nitrogen and oxygen atoms in total. The molecule has 1 saturated heterocycles. The average Bonchev–Trinajstić information content (AvgIpc) is 3.12. The highest BCUT2D eigenvalue weighted by Crippen LogP contribution is 2.10. The number of hydrogen-bond donors (Lipinski definition) is 2. The number of hydrogen-bond acceptors (Lipinski definition) is 4. The smallest absolute Gasteiger partial charge is 0.251 e. The van der Waals surface area contributed by atoms with E-state index in [1.807, 2.05) is 18.2 Å². The Bertz CT molecular complexity index is 570. The minimum Gasteiger partial charge on any atom is -0.348 e. The highest BCUT2D eigenvalue weighted by Gasteiger charge is 2.17. The van der Waals surface area contributed by atoms with Crippen molar-refractivity contribution < 1.29 is 4.79 Å². The molecule has 0 spiro atoms. The van der Waals surface area contributed by atoms with Crippen LogP contribution in [0.3, 0.4) is 0 Å². The number of carbonyl (C=O) groups is 1. The highest BCUT2D eigenvalue weighted by molar-refractivity contribution is 5.94. The largest absolute Gasteiger partial charge is 0.348 e. The molecule has 3 rings (SSSR count). The van der Waals surface area contributed by atoms with Crippen LogP contribution in [0.25, 0.3) is 5.69 Å². The topological polar surface area (TPSA) is 71.8 Å². The number of rotatable bonds is 3. The van der Waals surface area contributed by atoms with Crippen LogP contribution in [-0.2, 0) is 0 Å². The Labute approximate surface area is 135 Å². The Hall–Kier alpha value is -1.63. The fourth-order valence-corrected chi connectivity index (χ4v) is 2.18. The van der Waals surface area contributed by atoms with E-state index in [-0.39, 0.29) is 36.8 Å². The number of nitrogens with zero attached hydrogens (tertiary/aromatic N) is 3. The Morgan fingerprint density at radius 3 is 2.90 bits per heavy atom. The molecule has 114 valence electrons. The van der Waals surface area contributed by atoms with Crippen LogP contribution in [0.1, 0.15) is 16.8 Å². The van der Waals surface area contributed by atoms with Crippen molar-refractivity contribution >= 4 is 30.7 Å². The summed E-state index contributed by atoms with van der Waals surface area (Å²) in [6.07, 6.45) is 4.06. The molecule has 1 aliphatic rings. The zero-order chi connectivity index (χ0) is 13.1. The standard InChI is InChI=1S/C13H15N5O.2ClH/c19-13(17-11-4-5-14-7-11)10-2-1-3-12(6-10)18-9-15-8-16-18;;/h1-3,6,8-9,11,14H,4-5,7H2,(H,17,19);2*1H. The van der Waals surface area contributed by atoms with Gasteiger partial charge in [0.1, 0.15) is 12.7 Å². The van der Waals surface area contributed by atoms with Gasteiger partial charge in [0.15, 0.2) is 0 Å². The first-order valence-corrected chi connectivity index (χ1v) is 6.29. The van der Waals surface area contributed by atoms with Crippen molar-refractivity contribution in [2.75, 3.05) is 13.1 Å². The van der Waals surface area contributed by atoms with Crippen molar-refractivity contribution in [2.24, 2.45) is 0 Å². The molecule has 0 aliphatic carbocycles. The lowest BCUT2D eigenvalue weighted by atomic mass is 10.1. The van der Waals surface area contributed by atoms with Gasteiger partial charge in [-0.25, -0.2) is 9.67 Å². The fraction of sp³-hybridized carbons (Fsp3) is 0.308. The molecule has 8 heteroatoms. The summed E-state index contributed by atoms with van der Waals surface area (Å²) in [6.45, 7) is 1.80. The Morgan fingerprint density at radius 2 is 2.24 bits per heavy atom. The molecule has 2 N–H and O–H groups in total. The van der Waals surface area contributed by atoms with Gasteiger partial charge in [-0.1, -0.05) is 6.07 Å². The van der Waals surface area contributed by atoms with Crippen molar-refractivity contribution in [3.8, 4) is 5.69 Å². The monoisotopic (exact) mass is 329 g/mol. The third kappa shape index (κ3) is 4.17. The predicted octanol–water partition coefficient (Wildman–Crippen LogP) is 1.20. The van der Waals surface area contributed by atoms with Gasteiger partial charge in [-0.3, -0.25) is 4.79 Å². The first-order chi connectivity index (χ1) is 9.33. The van der Waals surface area contributed by atoms with E-state index in [4.69, 9.17) is 0 Å². The van der Waals surface area contributed by atoms with Crippen LogP contribution in [0, 0.1) is 0 Å². The second-order valence-corrected chi connectivity index (χ2v) is 4.55. The summed E-state index contributed by atoms with van der Waals surface area (Å²) < 4.78 is 1.63. The highest BCUT2D eigenvalue weighted by atomic mass is 35.5. The summed E-state index contributed by atoms with van der Waals surface area (Å²) in [5.74, 6) is -0.0457. The first-order valence-electron chi connectivity index (χ1n) is 6.29. The zero-order valence-corrected chi connectivity index (χ0v) is 12.9. The maximum Gasteiger partial charge on any atom is 0.251 e. The van der Waals surface area contributed by atoms with Crippen LogP contribution >= 0.6 is 24.8 Å². The number of carbonyl (C=O) groups excluding carboxylic acids is 1. The van der Waals surface area contributed by atoms with Crippen molar-refractivity contribution in [2.45, 2.75) is 12.5 Å². The van der Waals surface area contributed by atoms with Crippen LogP contribution in [0.5, 0.6) is 0 Å². The molecule has 1 aromatic heterocycles. The molecule has 1 atom stereocenters. The van der Waals surface area contributed by atoms with Gasteiger partial charge in [0.25, 0.3) is 5.91 Å². The predicted molar refractivity (Wildman–Crippen MR) is 84.6 cm³/mol. The fourth-order valence-electron chi connectivity index (χ4n) is 2.18. The average molecular weight is 330 g/mol. The van der Waals surface area contributed by atoms with E-state index >= 15 is 0 Å². The third-order valence-electron chi connectivity index (χ3n) is 3.19. The van der Waals surface area contributed by atoms with Gasteiger partial charge in [-0.15, -0.1) is 24.8 Å². The van der Waals surface area contributed by atoms with Crippen LogP contribution < -0.4 is 10.6 Å². The molecule has 21 heavy (non-hydrogen) atoms. The number of aromatic nitrogens is 3. The lowest BCUT2D eigenvalue weighted by Gasteiger charge is -2.11. The molecule has 1 fully saturated rings. The quantitative estimate of drug-likeness (QED) is 0.887. The van der Waals surface area contributed by atoms with Crippen molar-refractivity contribution in [1.29, 1.82) is 0 Å². The molecular formula is C13H17Cl2N5O. The Morgan fingerprint density at radius 1 is 1.38 bits per heavy atom. The van der Waals surface area contributed by atoms with Gasteiger partial charge in [-0.2, -0.15) is 5.10 Å². The summed E-state index contributed by atoms with van der Waals surface area (Å²) in [6, 6.07) is 7.58. The second kappa shape index (κ2) is 7.97. The molecule has 0 radical (unpaired) electrons. The van der Waals surface area contributed by atoms with Crippen molar-refractivity contribution in [3.05, 3.63) is 42.5 Å². The number of amides is 1. The summed E-state index contributed by atoms with van der Waals surface area (Å²) >= 11 is 0. The minimum absolute atomic E-state index is 0. The van der Waals surface area contributed by atoms with Gasteiger partial charge in [0.2, 0.25) is 0 Å². The van der Waals surface area contributed by atoms with Gasteiger partial charge < -0.3 is 10.6 Å². The Balaban J connectivity index is 0.00000110. The molecule has 0 saturated carbocycles. The van der Waals surface area contributed by atoms with Gasteiger partial charge in [0.05, 0.1) is 5.69 Å². The molecule has 2 heterocycles. The van der Waals surface area contributed by atoms with Gasteiger partial charge in [0, 0.05) is 18.2 Å².